The Balaban J connectivity index is 1.99. The number of thiocarbonyl (C=S) groups is 1. The second kappa shape index (κ2) is 7.64. The number of thiazole rings is 1. The molecule has 0 saturated carbocycles. The number of primary sulfonamides is 1. The molecule has 1 heterocycles. The number of aromatic nitrogens is 1. The van der Waals surface area contributed by atoms with Gasteiger partial charge in [-0.15, -0.1) is 11.3 Å². The lowest BCUT2D eigenvalue weighted by Gasteiger charge is -2.10. The Hall–Kier alpha value is -2.11. The first kappa shape index (κ1) is 18.7. The molecule has 0 spiro atoms. The van der Waals surface area contributed by atoms with Gasteiger partial charge in [0.15, 0.2) is 9.70 Å². The van der Waals surface area contributed by atoms with Gasteiger partial charge in [0.1, 0.15) is 0 Å². The Morgan fingerprint density at radius 2 is 1.73 bits per heavy atom. The van der Waals surface area contributed by atoms with Crippen molar-refractivity contribution in [2.24, 2.45) is 5.14 Å². The molecule has 2 aromatic carbocycles. The summed E-state index contributed by atoms with van der Waals surface area (Å²) in [4.78, 5) is 9.62. The maximum absolute atomic E-state index is 11.4. The van der Waals surface area contributed by atoms with Gasteiger partial charge in [0.25, 0.3) is 0 Å². The maximum Gasteiger partial charge on any atom is 0.238 e. The van der Waals surface area contributed by atoms with Crippen molar-refractivity contribution in [3.8, 4) is 22.7 Å². The summed E-state index contributed by atoms with van der Waals surface area (Å²) in [6.07, 6.45) is 0. The number of nitrogens with two attached hydrogens (primary N) is 1. The highest BCUT2D eigenvalue weighted by atomic mass is 32.2. The van der Waals surface area contributed by atoms with E-state index in [1.807, 2.05) is 22.1 Å². The number of hydrogen-bond donors (Lipinski definition) is 1. The van der Waals surface area contributed by atoms with E-state index in [4.69, 9.17) is 22.2 Å². The van der Waals surface area contributed by atoms with Crippen LogP contribution in [0, 0.1) is 3.95 Å². The number of benzene rings is 2. The third-order valence-electron chi connectivity index (χ3n) is 3.45. The predicted molar refractivity (Wildman–Crippen MR) is 107 cm³/mol. The van der Waals surface area contributed by atoms with Crippen LogP contribution < -0.4 is 10.0 Å². The Kier molecular flexibility index (Phi) is 5.49. The molecule has 0 atom stereocenters. The number of nitrogens with zero attached hydrogens (tertiary/aromatic N) is 1. The molecule has 0 fully saturated rings. The molecule has 0 aliphatic rings. The lowest BCUT2D eigenvalue weighted by atomic mass is 10.1. The van der Waals surface area contributed by atoms with E-state index >= 15 is 0 Å². The average Bonchev–Trinajstić information content (AvgIpc) is 3.01. The Morgan fingerprint density at radius 3 is 2.31 bits per heavy atom. The first-order valence-corrected chi connectivity index (χ1v) is 10.4. The maximum atomic E-state index is 11.4. The van der Waals surface area contributed by atoms with Crippen LogP contribution in [0.4, 0.5) is 0 Å². The number of sulfonamides is 1. The zero-order chi connectivity index (χ0) is 18.7. The second-order valence-corrected chi connectivity index (χ2v) is 8.32. The van der Waals surface area contributed by atoms with E-state index in [-0.39, 0.29) is 4.90 Å². The summed E-state index contributed by atoms with van der Waals surface area (Å²) < 4.78 is 25.3. The van der Waals surface area contributed by atoms with Crippen molar-refractivity contribution in [3.63, 3.8) is 0 Å². The second-order valence-electron chi connectivity index (χ2n) is 5.06. The highest BCUT2D eigenvalue weighted by Gasteiger charge is 2.12. The summed E-state index contributed by atoms with van der Waals surface area (Å²) in [6, 6.07) is 13.4. The Labute approximate surface area is 164 Å². The molecule has 0 unspecified atom stereocenters. The van der Waals surface area contributed by atoms with Gasteiger partial charge in [0.05, 0.1) is 10.6 Å². The minimum atomic E-state index is -3.74. The van der Waals surface area contributed by atoms with Gasteiger partial charge in [0, 0.05) is 11.1 Å². The minimum Gasteiger partial charge on any atom is -0.292 e. The van der Waals surface area contributed by atoms with Crippen molar-refractivity contribution in [1.82, 2.24) is 4.57 Å². The largest absolute Gasteiger partial charge is 0.292 e. The van der Waals surface area contributed by atoms with Crippen molar-refractivity contribution in [1.29, 1.82) is 0 Å². The standard InChI is InChI=1S/C16H12N2O4S4/c17-26(19,20)14-7-3-12(4-8-14)18-15(9-25-16(18)24)11-1-5-13(6-2-11)22-21-10-23/h1-10H,(H2,17,19,20). The third-order valence-corrected chi connectivity index (χ3v) is 5.66. The molecule has 0 radical (unpaired) electrons. The SMILES string of the molecule is NS(=O)(=O)c1ccc(-n2c(-c3ccc(OOC=S)cc3)csc2=S)cc1. The molecular formula is C16H12N2O4S4. The lowest BCUT2D eigenvalue weighted by molar-refractivity contribution is -0.106. The van der Waals surface area contributed by atoms with Crippen molar-refractivity contribution in [2.75, 3.05) is 0 Å². The summed E-state index contributed by atoms with van der Waals surface area (Å²) >= 11 is 11.4. The van der Waals surface area contributed by atoms with Gasteiger partial charge in [-0.2, -0.15) is 0 Å². The van der Waals surface area contributed by atoms with E-state index in [0.717, 1.165) is 22.5 Å². The van der Waals surface area contributed by atoms with E-state index < -0.39 is 10.0 Å². The van der Waals surface area contributed by atoms with Gasteiger partial charge in [-0.1, -0.05) is 0 Å². The van der Waals surface area contributed by atoms with Gasteiger partial charge in [-0.25, -0.2) is 13.6 Å². The molecule has 0 bridgehead atoms. The fourth-order valence-electron chi connectivity index (χ4n) is 2.29. The minimum absolute atomic E-state index is 0.0459. The van der Waals surface area contributed by atoms with Crippen molar-refractivity contribution < 1.29 is 18.2 Å². The average molecular weight is 425 g/mol. The normalized spacial score (nSPS) is 11.1. The van der Waals surface area contributed by atoms with Gasteiger partial charge in [0.2, 0.25) is 15.6 Å². The molecule has 10 heteroatoms. The molecule has 2 N–H and O–H groups in total. The van der Waals surface area contributed by atoms with Crippen LogP contribution in [0.3, 0.4) is 0 Å². The zero-order valence-corrected chi connectivity index (χ0v) is 16.3. The fraction of sp³-hybridized carbons (Fsp3) is 0. The van der Waals surface area contributed by atoms with Crippen molar-refractivity contribution >= 4 is 51.3 Å². The number of hydrogen-bond acceptors (Lipinski definition) is 7. The van der Waals surface area contributed by atoms with E-state index in [1.165, 1.54) is 23.5 Å². The summed E-state index contributed by atoms with van der Waals surface area (Å²) in [5.41, 5.74) is 3.53. The molecule has 134 valence electrons. The molecule has 0 amide bonds. The fourth-order valence-corrected chi connectivity index (χ4v) is 3.96. The van der Waals surface area contributed by atoms with Crippen LogP contribution >= 0.6 is 35.8 Å². The molecule has 0 aliphatic heterocycles. The summed E-state index contributed by atoms with van der Waals surface area (Å²) in [6.45, 7) is 0. The summed E-state index contributed by atoms with van der Waals surface area (Å²) in [5, 5.41) is 7.07. The molecule has 6 nitrogen and oxygen atoms in total. The first-order valence-electron chi connectivity index (χ1n) is 7.11. The number of rotatable bonds is 6. The lowest BCUT2D eigenvalue weighted by Crippen LogP contribution is -2.12. The molecule has 0 aliphatic carbocycles. The van der Waals surface area contributed by atoms with E-state index in [1.54, 1.807) is 24.3 Å². The van der Waals surface area contributed by atoms with Gasteiger partial charge < -0.3 is 0 Å². The van der Waals surface area contributed by atoms with Crippen LogP contribution in [0.5, 0.6) is 5.75 Å². The van der Waals surface area contributed by atoms with Crippen LogP contribution in [-0.2, 0) is 14.9 Å². The third kappa shape index (κ3) is 4.00. The molecule has 26 heavy (non-hydrogen) atoms. The Bertz CT molecular complexity index is 1080. The van der Waals surface area contributed by atoms with Crippen LogP contribution in [0.1, 0.15) is 0 Å². The molecule has 1 aromatic heterocycles. The van der Waals surface area contributed by atoms with E-state index in [9.17, 15) is 8.42 Å². The Morgan fingerprint density at radius 1 is 1.08 bits per heavy atom. The summed E-state index contributed by atoms with van der Waals surface area (Å²) in [7, 11) is -3.74. The monoisotopic (exact) mass is 424 g/mol. The van der Waals surface area contributed by atoms with Crippen LogP contribution in [0.25, 0.3) is 16.9 Å². The smallest absolute Gasteiger partial charge is 0.238 e. The van der Waals surface area contributed by atoms with Gasteiger partial charge in [-0.05, 0) is 78.5 Å². The van der Waals surface area contributed by atoms with Crippen LogP contribution in [0.15, 0.2) is 58.8 Å². The van der Waals surface area contributed by atoms with E-state index in [2.05, 4.69) is 17.1 Å². The zero-order valence-electron chi connectivity index (χ0n) is 13.1. The van der Waals surface area contributed by atoms with E-state index in [0.29, 0.717) is 9.70 Å². The predicted octanol–water partition coefficient (Wildman–Crippen LogP) is 3.85. The van der Waals surface area contributed by atoms with Crippen molar-refractivity contribution in [3.05, 3.63) is 57.9 Å². The highest BCUT2D eigenvalue weighted by Crippen LogP contribution is 2.29. The van der Waals surface area contributed by atoms with Crippen molar-refractivity contribution in [2.45, 2.75) is 4.90 Å². The quantitative estimate of drug-likeness (QED) is 0.368. The topological polar surface area (TPSA) is 83.6 Å². The summed E-state index contributed by atoms with van der Waals surface area (Å²) in [5.74, 6) is 0.507. The van der Waals surface area contributed by atoms with Gasteiger partial charge >= 0.3 is 0 Å². The van der Waals surface area contributed by atoms with Gasteiger partial charge in [-0.3, -0.25) is 14.3 Å². The first-order chi connectivity index (χ1) is 12.4. The molecule has 3 rings (SSSR count). The van der Waals surface area contributed by atoms with Crippen LogP contribution in [0.2, 0.25) is 0 Å². The molecular weight excluding hydrogens is 412 g/mol. The molecule has 3 aromatic rings. The van der Waals surface area contributed by atoms with Crippen LogP contribution in [-0.4, -0.2) is 18.5 Å². The highest BCUT2D eigenvalue weighted by molar-refractivity contribution is 7.89. The molecule has 0 saturated heterocycles.